The molecule has 2 aromatic carbocycles. The van der Waals surface area contributed by atoms with Crippen LogP contribution in [0, 0.1) is 12.7 Å². The van der Waals surface area contributed by atoms with Crippen molar-refractivity contribution in [2.45, 2.75) is 26.3 Å². The lowest BCUT2D eigenvalue weighted by Crippen LogP contribution is -2.48. The van der Waals surface area contributed by atoms with Crippen LogP contribution in [0.3, 0.4) is 0 Å². The van der Waals surface area contributed by atoms with Crippen LogP contribution in [-0.2, 0) is 17.8 Å². The maximum absolute atomic E-state index is 13.4. The van der Waals surface area contributed by atoms with E-state index in [1.807, 2.05) is 29.2 Å². The second-order valence-corrected chi connectivity index (χ2v) is 9.33. The molecule has 7 heteroatoms. The summed E-state index contributed by atoms with van der Waals surface area (Å²) < 4.78 is 21.1. The van der Waals surface area contributed by atoms with Crippen LogP contribution < -0.4 is 4.74 Å². The SMILES string of the molecule is COc1ccc2c(c1)c(/C=C/C(=O)N1CCN(CCc3cccc(F)c3)CC1)c(C)n2CCCCl. The molecule has 1 saturated heterocycles. The summed E-state index contributed by atoms with van der Waals surface area (Å²) in [7, 11) is 1.66. The Hall–Kier alpha value is -2.83. The third-order valence-electron chi connectivity index (χ3n) is 6.78. The Morgan fingerprint density at radius 2 is 1.91 bits per heavy atom. The third-order valence-corrected chi connectivity index (χ3v) is 7.04. The summed E-state index contributed by atoms with van der Waals surface area (Å²) in [6.45, 7) is 6.81. The van der Waals surface area contributed by atoms with Crippen molar-refractivity contribution in [1.82, 2.24) is 14.4 Å². The minimum Gasteiger partial charge on any atom is -0.497 e. The summed E-state index contributed by atoms with van der Waals surface area (Å²) in [6.07, 6.45) is 5.31. The summed E-state index contributed by atoms with van der Waals surface area (Å²) >= 11 is 5.95. The summed E-state index contributed by atoms with van der Waals surface area (Å²) in [5, 5.41) is 1.07. The van der Waals surface area contributed by atoms with Crippen molar-refractivity contribution in [2.75, 3.05) is 45.7 Å². The predicted molar refractivity (Wildman–Crippen MR) is 141 cm³/mol. The molecule has 1 aliphatic rings. The molecule has 0 aliphatic carbocycles. The van der Waals surface area contributed by atoms with Crippen LogP contribution >= 0.6 is 11.6 Å². The number of ether oxygens (including phenoxy) is 1. The Morgan fingerprint density at radius 1 is 1.11 bits per heavy atom. The Labute approximate surface area is 211 Å². The molecule has 186 valence electrons. The monoisotopic (exact) mass is 497 g/mol. The number of carbonyl (C=O) groups excluding carboxylic acids is 1. The standard InChI is InChI=1S/C28H33ClFN3O2/c1-21-25(26-20-24(35-2)7-9-27(26)33(21)13-4-12-29)8-10-28(34)32-17-15-31(16-18-32)14-11-22-5-3-6-23(30)19-22/h3,5-10,19-20H,4,11-18H2,1-2H3/b10-8+. The Bertz CT molecular complexity index is 1200. The van der Waals surface area contributed by atoms with E-state index in [1.165, 1.54) is 6.07 Å². The lowest BCUT2D eigenvalue weighted by molar-refractivity contribution is -0.127. The van der Waals surface area contributed by atoms with Gasteiger partial charge in [-0.2, -0.15) is 0 Å². The highest BCUT2D eigenvalue weighted by atomic mass is 35.5. The molecule has 1 aliphatic heterocycles. The molecule has 5 nitrogen and oxygen atoms in total. The predicted octanol–water partition coefficient (Wildman–Crippen LogP) is 5.13. The van der Waals surface area contributed by atoms with E-state index < -0.39 is 0 Å². The van der Waals surface area contributed by atoms with Gasteiger partial charge in [-0.05, 0) is 61.7 Å². The van der Waals surface area contributed by atoms with Crippen LogP contribution in [0.15, 0.2) is 48.5 Å². The van der Waals surface area contributed by atoms with E-state index in [9.17, 15) is 9.18 Å². The molecule has 0 saturated carbocycles. The van der Waals surface area contributed by atoms with Crippen molar-refractivity contribution in [2.24, 2.45) is 0 Å². The van der Waals surface area contributed by atoms with Gasteiger partial charge in [-0.25, -0.2) is 4.39 Å². The van der Waals surface area contributed by atoms with Gasteiger partial charge in [-0.3, -0.25) is 9.69 Å². The highest BCUT2D eigenvalue weighted by Gasteiger charge is 2.20. The largest absolute Gasteiger partial charge is 0.497 e. The van der Waals surface area contributed by atoms with Crippen molar-refractivity contribution in [1.29, 1.82) is 0 Å². The Kier molecular flexibility index (Phi) is 8.47. The molecule has 0 bridgehead atoms. The normalized spacial score (nSPS) is 14.8. The van der Waals surface area contributed by atoms with Gasteiger partial charge < -0.3 is 14.2 Å². The van der Waals surface area contributed by atoms with Gasteiger partial charge >= 0.3 is 0 Å². The topological polar surface area (TPSA) is 37.7 Å². The molecule has 1 fully saturated rings. The molecule has 4 rings (SSSR count). The molecule has 1 amide bonds. The van der Waals surface area contributed by atoms with Crippen molar-refractivity contribution < 1.29 is 13.9 Å². The lowest BCUT2D eigenvalue weighted by atomic mass is 10.1. The van der Waals surface area contributed by atoms with Gasteiger partial charge in [0, 0.05) is 73.4 Å². The summed E-state index contributed by atoms with van der Waals surface area (Å²) in [4.78, 5) is 17.2. The van der Waals surface area contributed by atoms with Crippen molar-refractivity contribution in [3.05, 3.63) is 71.2 Å². The number of aromatic nitrogens is 1. The average Bonchev–Trinajstić information content (AvgIpc) is 3.14. The van der Waals surface area contributed by atoms with Gasteiger partial charge in [-0.1, -0.05) is 12.1 Å². The molecule has 0 radical (unpaired) electrons. The second kappa shape index (κ2) is 11.7. The van der Waals surface area contributed by atoms with Crippen molar-refractivity contribution in [3.63, 3.8) is 0 Å². The fourth-order valence-corrected chi connectivity index (χ4v) is 4.88. The number of amides is 1. The summed E-state index contributed by atoms with van der Waals surface area (Å²) in [6, 6.07) is 12.8. The summed E-state index contributed by atoms with van der Waals surface area (Å²) in [5.74, 6) is 1.23. The van der Waals surface area contributed by atoms with E-state index in [2.05, 4.69) is 22.5 Å². The fraction of sp³-hybridized carbons (Fsp3) is 0.393. The first-order chi connectivity index (χ1) is 17.0. The fourth-order valence-electron chi connectivity index (χ4n) is 4.76. The third kappa shape index (κ3) is 6.06. The maximum Gasteiger partial charge on any atom is 0.246 e. The van der Waals surface area contributed by atoms with Gasteiger partial charge in [0.1, 0.15) is 11.6 Å². The number of hydrogen-bond acceptors (Lipinski definition) is 3. The van der Waals surface area contributed by atoms with Crippen molar-refractivity contribution >= 4 is 34.5 Å². The number of piperazine rings is 1. The maximum atomic E-state index is 13.4. The Morgan fingerprint density at radius 3 is 2.63 bits per heavy atom. The quantitative estimate of drug-likeness (QED) is 0.304. The number of rotatable bonds is 9. The van der Waals surface area contributed by atoms with Gasteiger partial charge in [0.2, 0.25) is 5.91 Å². The summed E-state index contributed by atoms with van der Waals surface area (Å²) in [5.41, 5.74) is 4.27. The lowest BCUT2D eigenvalue weighted by Gasteiger charge is -2.34. The van der Waals surface area contributed by atoms with E-state index in [0.717, 1.165) is 72.5 Å². The zero-order chi connectivity index (χ0) is 24.8. The molecule has 0 unspecified atom stereocenters. The van der Waals surface area contributed by atoms with E-state index in [0.29, 0.717) is 19.0 Å². The first-order valence-electron chi connectivity index (χ1n) is 12.2. The number of aryl methyl sites for hydroxylation is 1. The molecular formula is C28H33ClFN3O2. The van der Waals surface area contributed by atoms with Gasteiger partial charge in [-0.15, -0.1) is 11.6 Å². The van der Waals surface area contributed by atoms with Crippen molar-refractivity contribution in [3.8, 4) is 5.75 Å². The molecule has 35 heavy (non-hydrogen) atoms. The van der Waals surface area contributed by atoms with E-state index >= 15 is 0 Å². The smallest absolute Gasteiger partial charge is 0.246 e. The van der Waals surface area contributed by atoms with Gasteiger partial charge in [0.25, 0.3) is 0 Å². The van der Waals surface area contributed by atoms with Crippen LogP contribution in [0.2, 0.25) is 0 Å². The zero-order valence-electron chi connectivity index (χ0n) is 20.5. The zero-order valence-corrected chi connectivity index (χ0v) is 21.2. The second-order valence-electron chi connectivity index (χ2n) is 8.96. The van der Waals surface area contributed by atoms with Crippen LogP contribution in [0.1, 0.15) is 23.2 Å². The minimum atomic E-state index is -0.194. The highest BCUT2D eigenvalue weighted by Crippen LogP contribution is 2.30. The van der Waals surface area contributed by atoms with Gasteiger partial charge in [0.05, 0.1) is 7.11 Å². The molecule has 0 N–H and O–H groups in total. The van der Waals surface area contributed by atoms with Gasteiger partial charge in [0.15, 0.2) is 0 Å². The molecule has 0 atom stereocenters. The highest BCUT2D eigenvalue weighted by molar-refractivity contribution is 6.17. The number of nitrogens with zero attached hydrogens (tertiary/aromatic N) is 3. The number of benzene rings is 2. The van der Waals surface area contributed by atoms with E-state index in [4.69, 9.17) is 16.3 Å². The molecular weight excluding hydrogens is 465 g/mol. The number of methoxy groups -OCH3 is 1. The molecule has 0 spiro atoms. The Balaban J connectivity index is 1.40. The van der Waals surface area contributed by atoms with Crippen LogP contribution in [0.4, 0.5) is 4.39 Å². The molecule has 1 aromatic heterocycles. The number of fused-ring (bicyclic) bond motifs is 1. The van der Waals surface area contributed by atoms with E-state index in [-0.39, 0.29) is 11.7 Å². The number of hydrogen-bond donors (Lipinski definition) is 0. The van der Waals surface area contributed by atoms with Crippen LogP contribution in [-0.4, -0.2) is 66.0 Å². The van der Waals surface area contributed by atoms with Crippen LogP contribution in [0.25, 0.3) is 17.0 Å². The first kappa shape index (κ1) is 25.3. The average molecular weight is 498 g/mol. The molecule has 2 heterocycles. The number of halogens is 2. The van der Waals surface area contributed by atoms with E-state index in [1.54, 1.807) is 25.3 Å². The first-order valence-corrected chi connectivity index (χ1v) is 12.7. The number of alkyl halides is 1. The minimum absolute atomic E-state index is 0.0266. The van der Waals surface area contributed by atoms with Crippen LogP contribution in [0.5, 0.6) is 5.75 Å². The number of carbonyl (C=O) groups is 1. The molecule has 3 aromatic rings.